The summed E-state index contributed by atoms with van der Waals surface area (Å²) in [4.78, 5) is 30.9. The predicted octanol–water partition coefficient (Wildman–Crippen LogP) is 2.31. The third-order valence-corrected chi connectivity index (χ3v) is 5.77. The number of amides is 1. The minimum absolute atomic E-state index is 0.0386. The Morgan fingerprint density at radius 2 is 1.69 bits per heavy atom. The van der Waals surface area contributed by atoms with Crippen molar-refractivity contribution in [3.05, 3.63) is 65.7 Å². The summed E-state index contributed by atoms with van der Waals surface area (Å²) in [6.07, 6.45) is 0.948. The van der Waals surface area contributed by atoms with Crippen molar-refractivity contribution in [1.29, 1.82) is 5.26 Å². The summed E-state index contributed by atoms with van der Waals surface area (Å²) in [6, 6.07) is 19.8. The number of methoxy groups -OCH3 is 1. The lowest BCUT2D eigenvalue weighted by Gasteiger charge is -2.36. The van der Waals surface area contributed by atoms with Crippen molar-refractivity contribution in [2.75, 3.05) is 57.8 Å². The van der Waals surface area contributed by atoms with Crippen LogP contribution in [-0.4, -0.2) is 74.6 Å². The summed E-state index contributed by atoms with van der Waals surface area (Å²) >= 11 is 0. The molecule has 1 saturated heterocycles. The zero-order chi connectivity index (χ0) is 22.8. The quantitative estimate of drug-likeness (QED) is 0.564. The molecule has 1 fully saturated rings. The Morgan fingerprint density at radius 1 is 1.00 bits per heavy atom. The highest BCUT2D eigenvalue weighted by Crippen LogP contribution is 2.17. The summed E-state index contributed by atoms with van der Waals surface area (Å²) in [5.74, 6) is -0.268. The van der Waals surface area contributed by atoms with Crippen LogP contribution in [0, 0.1) is 11.3 Å². The Kier molecular flexibility index (Phi) is 8.64. The number of carbonyl (C=O) groups is 2. The first-order valence-corrected chi connectivity index (χ1v) is 10.9. The molecule has 0 bridgehead atoms. The molecule has 0 aliphatic carbocycles. The van der Waals surface area contributed by atoms with Crippen molar-refractivity contribution in [1.82, 2.24) is 9.80 Å². The largest absolute Gasteiger partial charge is 0.469 e. The third-order valence-electron chi connectivity index (χ3n) is 5.77. The summed E-state index contributed by atoms with van der Waals surface area (Å²) in [7, 11) is 1.37. The number of hydrogen-bond donors (Lipinski definition) is 0. The number of rotatable bonds is 9. The highest BCUT2D eigenvalue weighted by atomic mass is 16.5. The Hall–Kier alpha value is -3.37. The van der Waals surface area contributed by atoms with Crippen LogP contribution in [0.3, 0.4) is 0 Å². The van der Waals surface area contributed by atoms with Crippen LogP contribution in [0.2, 0.25) is 0 Å². The fourth-order valence-corrected chi connectivity index (χ4v) is 3.80. The van der Waals surface area contributed by atoms with Crippen molar-refractivity contribution >= 4 is 17.6 Å². The molecule has 1 aliphatic rings. The lowest BCUT2D eigenvalue weighted by molar-refractivity contribution is -0.141. The molecule has 0 N–H and O–H groups in total. The third kappa shape index (κ3) is 6.82. The Labute approximate surface area is 189 Å². The maximum absolute atomic E-state index is 13.0. The van der Waals surface area contributed by atoms with Crippen molar-refractivity contribution in [3.63, 3.8) is 0 Å². The average molecular weight is 435 g/mol. The summed E-state index contributed by atoms with van der Waals surface area (Å²) in [5, 5.41) is 8.96. The Bertz CT molecular complexity index is 916. The molecule has 2 aromatic carbocycles. The van der Waals surface area contributed by atoms with Crippen molar-refractivity contribution in [2.24, 2.45) is 0 Å². The summed E-state index contributed by atoms with van der Waals surface area (Å²) in [5.41, 5.74) is 2.91. The normalized spacial score (nSPS) is 13.9. The van der Waals surface area contributed by atoms with Gasteiger partial charge in [-0.1, -0.05) is 30.3 Å². The molecule has 1 amide bonds. The molecule has 0 spiro atoms. The van der Waals surface area contributed by atoms with Gasteiger partial charge in [-0.3, -0.25) is 14.5 Å². The van der Waals surface area contributed by atoms with Gasteiger partial charge in [-0.25, -0.2) is 0 Å². The van der Waals surface area contributed by atoms with E-state index in [1.807, 2.05) is 54.6 Å². The van der Waals surface area contributed by atoms with Crippen LogP contribution in [0.15, 0.2) is 54.6 Å². The number of anilines is 1. The number of piperazine rings is 1. The smallest absolute Gasteiger partial charge is 0.307 e. The minimum atomic E-state index is -0.307. The molecule has 0 atom stereocenters. The molecule has 0 saturated carbocycles. The van der Waals surface area contributed by atoms with Gasteiger partial charge in [0.05, 0.1) is 31.7 Å². The fourth-order valence-electron chi connectivity index (χ4n) is 3.80. The fraction of sp³-hybridized carbons (Fsp3) is 0.400. The predicted molar refractivity (Wildman–Crippen MR) is 123 cm³/mol. The van der Waals surface area contributed by atoms with Gasteiger partial charge in [0.15, 0.2) is 0 Å². The van der Waals surface area contributed by atoms with Gasteiger partial charge in [0.1, 0.15) is 0 Å². The van der Waals surface area contributed by atoms with Crippen molar-refractivity contribution < 1.29 is 14.3 Å². The number of benzene rings is 2. The molecule has 3 rings (SSSR count). The zero-order valence-electron chi connectivity index (χ0n) is 18.6. The number of hydrogen-bond acceptors (Lipinski definition) is 6. The molecule has 7 heteroatoms. The van der Waals surface area contributed by atoms with Gasteiger partial charge in [0.25, 0.3) is 0 Å². The minimum Gasteiger partial charge on any atom is -0.469 e. The zero-order valence-corrected chi connectivity index (χ0v) is 18.6. The number of nitrogens with zero attached hydrogens (tertiary/aromatic N) is 4. The number of carbonyl (C=O) groups excluding carboxylic acids is 2. The maximum Gasteiger partial charge on any atom is 0.307 e. The Morgan fingerprint density at radius 3 is 2.31 bits per heavy atom. The van der Waals surface area contributed by atoms with E-state index in [2.05, 4.69) is 15.9 Å². The first-order valence-electron chi connectivity index (χ1n) is 10.9. The van der Waals surface area contributed by atoms with Gasteiger partial charge in [-0.05, 0) is 36.2 Å². The Balaban J connectivity index is 1.52. The molecule has 7 nitrogen and oxygen atoms in total. The van der Waals surface area contributed by atoms with Gasteiger partial charge < -0.3 is 14.5 Å². The number of esters is 1. The lowest BCUT2D eigenvalue weighted by Crippen LogP contribution is -2.50. The van der Waals surface area contributed by atoms with E-state index in [1.54, 1.807) is 4.90 Å². The van der Waals surface area contributed by atoms with Crippen LogP contribution in [0.25, 0.3) is 0 Å². The van der Waals surface area contributed by atoms with E-state index in [0.717, 1.165) is 38.3 Å². The molecular weight excluding hydrogens is 404 g/mol. The van der Waals surface area contributed by atoms with Gasteiger partial charge in [-0.15, -0.1) is 0 Å². The van der Waals surface area contributed by atoms with Crippen LogP contribution in [0.5, 0.6) is 0 Å². The second-order valence-electron chi connectivity index (χ2n) is 7.86. The molecule has 0 unspecified atom stereocenters. The second-order valence-corrected chi connectivity index (χ2v) is 7.86. The van der Waals surface area contributed by atoms with E-state index in [0.29, 0.717) is 25.2 Å². The van der Waals surface area contributed by atoms with E-state index in [9.17, 15) is 9.59 Å². The summed E-state index contributed by atoms with van der Waals surface area (Å²) < 4.78 is 4.75. The summed E-state index contributed by atoms with van der Waals surface area (Å²) in [6.45, 7) is 4.51. The highest BCUT2D eigenvalue weighted by Gasteiger charge is 2.22. The molecule has 0 radical (unpaired) electrons. The van der Waals surface area contributed by atoms with Gasteiger partial charge in [0, 0.05) is 45.0 Å². The lowest BCUT2D eigenvalue weighted by atomic mass is 10.1. The molecule has 32 heavy (non-hydrogen) atoms. The van der Waals surface area contributed by atoms with E-state index >= 15 is 0 Å². The van der Waals surface area contributed by atoms with E-state index in [1.165, 1.54) is 12.7 Å². The first-order chi connectivity index (χ1) is 15.6. The highest BCUT2D eigenvalue weighted by molar-refractivity contribution is 5.79. The van der Waals surface area contributed by atoms with Crippen molar-refractivity contribution in [3.8, 4) is 6.07 Å². The van der Waals surface area contributed by atoms with E-state index < -0.39 is 0 Å². The number of ether oxygens (including phenoxy) is 1. The molecule has 0 aromatic heterocycles. The van der Waals surface area contributed by atoms with E-state index in [4.69, 9.17) is 10.00 Å². The molecule has 1 aliphatic heterocycles. The first kappa shape index (κ1) is 23.3. The van der Waals surface area contributed by atoms with Crippen LogP contribution >= 0.6 is 0 Å². The van der Waals surface area contributed by atoms with E-state index in [-0.39, 0.29) is 18.3 Å². The molecule has 168 valence electrons. The van der Waals surface area contributed by atoms with Gasteiger partial charge in [0.2, 0.25) is 5.91 Å². The SMILES string of the molecule is COC(=O)CCN(CCc1ccccc1)C(=O)CN1CCN(c2ccc(C#N)cc2)CC1. The molecular formula is C25H30N4O3. The van der Waals surface area contributed by atoms with Crippen LogP contribution in [0.4, 0.5) is 5.69 Å². The van der Waals surface area contributed by atoms with Crippen molar-refractivity contribution in [2.45, 2.75) is 12.8 Å². The van der Waals surface area contributed by atoms with Crippen LogP contribution in [0.1, 0.15) is 17.5 Å². The second kappa shape index (κ2) is 11.9. The monoisotopic (exact) mass is 434 g/mol. The standard InChI is InChI=1S/C25H30N4O3/c1-32-25(31)12-14-29(13-11-21-5-3-2-4-6-21)24(30)20-27-15-17-28(18-16-27)23-9-7-22(19-26)8-10-23/h2-10H,11-18,20H2,1H3. The van der Waals surface area contributed by atoms with Gasteiger partial charge in [-0.2, -0.15) is 5.26 Å². The number of nitriles is 1. The topological polar surface area (TPSA) is 76.9 Å². The average Bonchev–Trinajstić information content (AvgIpc) is 2.85. The molecule has 1 heterocycles. The van der Waals surface area contributed by atoms with Crippen LogP contribution in [-0.2, 0) is 20.7 Å². The molecule has 2 aromatic rings. The van der Waals surface area contributed by atoms with Gasteiger partial charge >= 0.3 is 5.97 Å². The maximum atomic E-state index is 13.0. The van der Waals surface area contributed by atoms with Crippen LogP contribution < -0.4 is 4.90 Å².